The Morgan fingerprint density at radius 2 is 1.44 bits per heavy atom. The highest BCUT2D eigenvalue weighted by Crippen LogP contribution is 2.26. The molecule has 0 radical (unpaired) electrons. The molecule has 3 heteroatoms. The predicted octanol–water partition coefficient (Wildman–Crippen LogP) is 1.84. The quantitative estimate of drug-likeness (QED) is 0.614. The van der Waals surface area contributed by atoms with Crippen molar-refractivity contribution in [2.75, 3.05) is 45.8 Å². The Labute approximate surface area is 113 Å². The molecule has 0 unspecified atom stereocenters. The molecule has 2 N–H and O–H groups in total. The molecular weight excluding hydrogens is 222 g/mol. The molecule has 1 aliphatic heterocycles. The number of rotatable bonds is 9. The van der Waals surface area contributed by atoms with Crippen LogP contribution in [0.25, 0.3) is 0 Å². The molecule has 106 valence electrons. The summed E-state index contributed by atoms with van der Waals surface area (Å²) < 4.78 is 0. The maximum absolute atomic E-state index is 3.56. The lowest BCUT2D eigenvalue weighted by molar-refractivity contribution is 0.336. The molecule has 1 aliphatic carbocycles. The van der Waals surface area contributed by atoms with Crippen LogP contribution in [-0.4, -0.2) is 50.7 Å². The molecule has 2 rings (SSSR count). The van der Waals surface area contributed by atoms with E-state index in [4.69, 9.17) is 0 Å². The summed E-state index contributed by atoms with van der Waals surface area (Å²) in [5.74, 6) is 1.03. The standard InChI is InChI=1S/C15H31N3/c1-2-6-15(5-1)7-8-16-9-10-17-11-14-18-12-3-4-13-18/h15-17H,1-14H2. The van der Waals surface area contributed by atoms with Crippen LogP contribution >= 0.6 is 0 Å². The molecule has 0 bridgehead atoms. The zero-order valence-corrected chi connectivity index (χ0v) is 11.9. The van der Waals surface area contributed by atoms with Crippen molar-refractivity contribution in [2.24, 2.45) is 5.92 Å². The topological polar surface area (TPSA) is 27.3 Å². The molecule has 0 aromatic rings. The predicted molar refractivity (Wildman–Crippen MR) is 78.0 cm³/mol. The molecule has 0 amide bonds. The van der Waals surface area contributed by atoms with E-state index in [9.17, 15) is 0 Å². The highest BCUT2D eigenvalue weighted by molar-refractivity contribution is 4.69. The van der Waals surface area contributed by atoms with Gasteiger partial charge in [-0.1, -0.05) is 25.7 Å². The van der Waals surface area contributed by atoms with Crippen LogP contribution in [0.3, 0.4) is 0 Å². The highest BCUT2D eigenvalue weighted by Gasteiger charge is 2.13. The van der Waals surface area contributed by atoms with Crippen LogP contribution in [0.15, 0.2) is 0 Å². The van der Waals surface area contributed by atoms with Gasteiger partial charge in [0.25, 0.3) is 0 Å². The Kier molecular flexibility index (Phi) is 7.06. The number of hydrogen-bond donors (Lipinski definition) is 2. The minimum atomic E-state index is 1.03. The zero-order valence-electron chi connectivity index (χ0n) is 11.9. The fourth-order valence-corrected chi connectivity index (χ4v) is 3.28. The van der Waals surface area contributed by atoms with Crippen LogP contribution in [0.5, 0.6) is 0 Å². The van der Waals surface area contributed by atoms with Gasteiger partial charge in [-0.05, 0) is 44.8 Å². The molecule has 0 aromatic heterocycles. The third kappa shape index (κ3) is 5.68. The molecule has 2 aliphatic rings. The fourth-order valence-electron chi connectivity index (χ4n) is 3.28. The number of nitrogens with zero attached hydrogens (tertiary/aromatic N) is 1. The first-order valence-electron chi connectivity index (χ1n) is 8.09. The molecule has 0 aromatic carbocycles. The van der Waals surface area contributed by atoms with Gasteiger partial charge >= 0.3 is 0 Å². The Balaban J connectivity index is 1.31. The Hall–Kier alpha value is -0.120. The van der Waals surface area contributed by atoms with E-state index in [-0.39, 0.29) is 0 Å². The Morgan fingerprint density at radius 3 is 2.17 bits per heavy atom. The third-order valence-electron chi connectivity index (χ3n) is 4.49. The van der Waals surface area contributed by atoms with E-state index in [1.54, 1.807) is 0 Å². The van der Waals surface area contributed by atoms with E-state index < -0.39 is 0 Å². The Morgan fingerprint density at radius 1 is 0.778 bits per heavy atom. The molecule has 0 atom stereocenters. The SMILES string of the molecule is C1CCC(CCNCCNCCN2CCCC2)C1. The minimum absolute atomic E-state index is 1.03. The molecule has 18 heavy (non-hydrogen) atoms. The first-order valence-corrected chi connectivity index (χ1v) is 8.09. The number of hydrogen-bond acceptors (Lipinski definition) is 3. The van der Waals surface area contributed by atoms with Crippen LogP contribution in [0, 0.1) is 5.92 Å². The van der Waals surface area contributed by atoms with Gasteiger partial charge in [-0.2, -0.15) is 0 Å². The van der Waals surface area contributed by atoms with Gasteiger partial charge in [0, 0.05) is 26.2 Å². The van der Waals surface area contributed by atoms with Gasteiger partial charge < -0.3 is 15.5 Å². The normalized spacial score (nSPS) is 22.0. The summed E-state index contributed by atoms with van der Waals surface area (Å²) in [6.07, 6.45) is 10.1. The summed E-state index contributed by atoms with van der Waals surface area (Å²) in [5, 5.41) is 7.10. The van der Waals surface area contributed by atoms with Crippen molar-refractivity contribution in [3.05, 3.63) is 0 Å². The molecule has 1 saturated heterocycles. The van der Waals surface area contributed by atoms with Crippen molar-refractivity contribution >= 4 is 0 Å². The van der Waals surface area contributed by atoms with E-state index >= 15 is 0 Å². The monoisotopic (exact) mass is 253 g/mol. The van der Waals surface area contributed by atoms with Crippen molar-refractivity contribution in [1.29, 1.82) is 0 Å². The van der Waals surface area contributed by atoms with Crippen LogP contribution in [0.2, 0.25) is 0 Å². The maximum Gasteiger partial charge on any atom is 0.0107 e. The second kappa shape index (κ2) is 8.89. The van der Waals surface area contributed by atoms with Crippen LogP contribution in [-0.2, 0) is 0 Å². The molecule has 1 saturated carbocycles. The average Bonchev–Trinajstić information content (AvgIpc) is 3.05. The minimum Gasteiger partial charge on any atom is -0.315 e. The number of likely N-dealkylation sites (tertiary alicyclic amines) is 1. The van der Waals surface area contributed by atoms with E-state index in [2.05, 4.69) is 15.5 Å². The van der Waals surface area contributed by atoms with Gasteiger partial charge in [-0.25, -0.2) is 0 Å². The molecule has 2 fully saturated rings. The van der Waals surface area contributed by atoms with Gasteiger partial charge in [0.2, 0.25) is 0 Å². The van der Waals surface area contributed by atoms with Crippen molar-refractivity contribution in [2.45, 2.75) is 44.9 Å². The zero-order chi connectivity index (χ0) is 12.5. The first-order chi connectivity index (χ1) is 8.95. The summed E-state index contributed by atoms with van der Waals surface area (Å²) in [5.41, 5.74) is 0. The molecular formula is C15H31N3. The van der Waals surface area contributed by atoms with Gasteiger partial charge in [-0.3, -0.25) is 0 Å². The fraction of sp³-hybridized carbons (Fsp3) is 1.00. The second-order valence-corrected chi connectivity index (χ2v) is 5.99. The summed E-state index contributed by atoms with van der Waals surface area (Å²) in [7, 11) is 0. The van der Waals surface area contributed by atoms with E-state index in [1.165, 1.54) is 71.1 Å². The highest BCUT2D eigenvalue weighted by atomic mass is 15.1. The van der Waals surface area contributed by atoms with Crippen LogP contribution in [0.1, 0.15) is 44.9 Å². The second-order valence-electron chi connectivity index (χ2n) is 5.99. The lowest BCUT2D eigenvalue weighted by atomic mass is 10.0. The van der Waals surface area contributed by atoms with Crippen LogP contribution < -0.4 is 10.6 Å². The molecule has 1 heterocycles. The van der Waals surface area contributed by atoms with Gasteiger partial charge in [0.15, 0.2) is 0 Å². The summed E-state index contributed by atoms with van der Waals surface area (Å²) in [4.78, 5) is 2.57. The van der Waals surface area contributed by atoms with E-state index in [0.29, 0.717) is 0 Å². The van der Waals surface area contributed by atoms with Crippen molar-refractivity contribution in [3.63, 3.8) is 0 Å². The summed E-state index contributed by atoms with van der Waals surface area (Å²) in [6.45, 7) is 8.51. The Bertz CT molecular complexity index is 174. The maximum atomic E-state index is 3.56. The average molecular weight is 253 g/mol. The lowest BCUT2D eigenvalue weighted by Crippen LogP contribution is -2.34. The van der Waals surface area contributed by atoms with Crippen LogP contribution in [0.4, 0.5) is 0 Å². The smallest absolute Gasteiger partial charge is 0.0107 e. The van der Waals surface area contributed by atoms with Crippen molar-refractivity contribution in [3.8, 4) is 0 Å². The van der Waals surface area contributed by atoms with Gasteiger partial charge in [-0.15, -0.1) is 0 Å². The van der Waals surface area contributed by atoms with E-state index in [0.717, 1.165) is 25.6 Å². The van der Waals surface area contributed by atoms with Gasteiger partial charge in [0.05, 0.1) is 0 Å². The largest absolute Gasteiger partial charge is 0.315 e. The summed E-state index contributed by atoms with van der Waals surface area (Å²) in [6, 6.07) is 0. The van der Waals surface area contributed by atoms with E-state index in [1.807, 2.05) is 0 Å². The first kappa shape index (κ1) is 14.3. The molecule has 0 spiro atoms. The number of nitrogens with one attached hydrogen (secondary N) is 2. The van der Waals surface area contributed by atoms with Crippen molar-refractivity contribution in [1.82, 2.24) is 15.5 Å². The third-order valence-corrected chi connectivity index (χ3v) is 4.49. The lowest BCUT2D eigenvalue weighted by Gasteiger charge is -2.15. The van der Waals surface area contributed by atoms with Crippen molar-refractivity contribution < 1.29 is 0 Å². The molecule has 3 nitrogen and oxygen atoms in total. The van der Waals surface area contributed by atoms with Gasteiger partial charge in [0.1, 0.15) is 0 Å². The summed E-state index contributed by atoms with van der Waals surface area (Å²) >= 11 is 0.